The van der Waals surface area contributed by atoms with Crippen LogP contribution in [-0.2, 0) is 9.53 Å². The van der Waals surface area contributed by atoms with Crippen molar-refractivity contribution < 1.29 is 9.53 Å². The number of rotatable bonds is 1. The minimum atomic E-state index is -0.311. The van der Waals surface area contributed by atoms with Crippen LogP contribution in [0.25, 0.3) is 0 Å². The summed E-state index contributed by atoms with van der Waals surface area (Å²) >= 11 is 0. The van der Waals surface area contributed by atoms with Crippen LogP contribution in [0.5, 0.6) is 0 Å². The van der Waals surface area contributed by atoms with Gasteiger partial charge in [0.2, 0.25) is 0 Å². The molecule has 1 rings (SSSR count). The molecule has 1 fully saturated rings. The minimum Gasteiger partial charge on any atom is -0.469 e. The normalized spacial score (nSPS) is 34.1. The zero-order valence-electron chi connectivity index (χ0n) is 7.50. The zero-order chi connectivity index (χ0) is 8.48. The molecule has 0 heterocycles. The van der Waals surface area contributed by atoms with Crippen LogP contribution in [-0.4, -0.2) is 19.1 Å². The first-order valence-corrected chi connectivity index (χ1v) is 3.92. The van der Waals surface area contributed by atoms with Gasteiger partial charge in [-0.3, -0.25) is 4.79 Å². The van der Waals surface area contributed by atoms with Crippen LogP contribution in [0.3, 0.4) is 0 Å². The average Bonchev–Trinajstić information content (AvgIpc) is 2.31. The minimum absolute atomic E-state index is 0. The van der Waals surface area contributed by atoms with Crippen LogP contribution < -0.4 is 5.73 Å². The van der Waals surface area contributed by atoms with Crippen molar-refractivity contribution in [1.82, 2.24) is 0 Å². The van der Waals surface area contributed by atoms with Crippen LogP contribution in [0, 0.1) is 5.41 Å². The molecule has 1 aliphatic rings. The second-order valence-electron chi connectivity index (χ2n) is 3.56. The van der Waals surface area contributed by atoms with Gasteiger partial charge in [-0.25, -0.2) is 0 Å². The molecular weight excluding hydrogens is 178 g/mol. The molecule has 0 aromatic rings. The second kappa shape index (κ2) is 4.10. The summed E-state index contributed by atoms with van der Waals surface area (Å²) in [7, 11) is 1.43. The van der Waals surface area contributed by atoms with Crippen molar-refractivity contribution in [3.8, 4) is 0 Å². The van der Waals surface area contributed by atoms with Crippen molar-refractivity contribution in [3.05, 3.63) is 0 Å². The predicted molar refractivity (Wildman–Crippen MR) is 49.2 cm³/mol. The summed E-state index contributed by atoms with van der Waals surface area (Å²) in [5.41, 5.74) is 5.38. The Bertz CT molecular complexity index is 174. The van der Waals surface area contributed by atoms with Crippen molar-refractivity contribution in [2.45, 2.75) is 32.2 Å². The summed E-state index contributed by atoms with van der Waals surface area (Å²) in [6.07, 6.45) is 2.56. The molecule has 3 nitrogen and oxygen atoms in total. The molecule has 0 bridgehead atoms. The molecule has 2 atom stereocenters. The van der Waals surface area contributed by atoms with Crippen molar-refractivity contribution in [2.24, 2.45) is 11.1 Å². The zero-order valence-corrected chi connectivity index (χ0v) is 8.32. The lowest BCUT2D eigenvalue weighted by Crippen LogP contribution is -2.28. The Morgan fingerprint density at radius 3 is 2.58 bits per heavy atom. The van der Waals surface area contributed by atoms with Crippen LogP contribution in [0.4, 0.5) is 0 Å². The molecule has 1 saturated carbocycles. The topological polar surface area (TPSA) is 52.3 Å². The molecule has 0 aromatic carbocycles. The maximum absolute atomic E-state index is 11.2. The summed E-state index contributed by atoms with van der Waals surface area (Å²) in [6.45, 7) is 1.92. The Kier molecular flexibility index (Phi) is 4.00. The third-order valence-electron chi connectivity index (χ3n) is 2.46. The smallest absolute Gasteiger partial charge is 0.311 e. The lowest BCUT2D eigenvalue weighted by Gasteiger charge is -2.19. The number of esters is 1. The summed E-state index contributed by atoms with van der Waals surface area (Å²) in [5.74, 6) is -0.120. The molecule has 0 saturated heterocycles. The largest absolute Gasteiger partial charge is 0.469 e. The molecule has 0 spiro atoms. The summed E-state index contributed by atoms with van der Waals surface area (Å²) < 4.78 is 4.69. The number of hydrogen-bond acceptors (Lipinski definition) is 3. The molecule has 12 heavy (non-hydrogen) atoms. The highest BCUT2D eigenvalue weighted by Gasteiger charge is 2.40. The third kappa shape index (κ3) is 2.11. The van der Waals surface area contributed by atoms with E-state index in [2.05, 4.69) is 0 Å². The van der Waals surface area contributed by atoms with E-state index in [0.29, 0.717) is 0 Å². The average molecular weight is 194 g/mol. The molecule has 2 unspecified atom stereocenters. The number of methoxy groups -OCH3 is 1. The van der Waals surface area contributed by atoms with Gasteiger partial charge < -0.3 is 10.5 Å². The van der Waals surface area contributed by atoms with Gasteiger partial charge in [-0.15, -0.1) is 12.4 Å². The van der Waals surface area contributed by atoms with E-state index < -0.39 is 0 Å². The van der Waals surface area contributed by atoms with E-state index in [1.165, 1.54) is 7.11 Å². The van der Waals surface area contributed by atoms with Crippen LogP contribution in [0.2, 0.25) is 0 Å². The van der Waals surface area contributed by atoms with E-state index in [9.17, 15) is 4.79 Å². The quantitative estimate of drug-likeness (QED) is 0.635. The Morgan fingerprint density at radius 1 is 1.67 bits per heavy atom. The van der Waals surface area contributed by atoms with Gasteiger partial charge in [-0.2, -0.15) is 0 Å². The van der Waals surface area contributed by atoms with Crippen molar-refractivity contribution in [2.75, 3.05) is 7.11 Å². The van der Waals surface area contributed by atoms with Gasteiger partial charge in [-0.05, 0) is 26.2 Å². The summed E-state index contributed by atoms with van der Waals surface area (Å²) in [6, 6.07) is 0.180. The van der Waals surface area contributed by atoms with Crippen molar-refractivity contribution in [1.29, 1.82) is 0 Å². The van der Waals surface area contributed by atoms with Gasteiger partial charge in [0, 0.05) is 6.04 Å². The lowest BCUT2D eigenvalue weighted by molar-refractivity contribution is -0.151. The van der Waals surface area contributed by atoms with E-state index >= 15 is 0 Å². The van der Waals surface area contributed by atoms with E-state index in [1.54, 1.807) is 0 Å². The van der Waals surface area contributed by atoms with E-state index in [4.69, 9.17) is 10.5 Å². The van der Waals surface area contributed by atoms with Gasteiger partial charge in [-0.1, -0.05) is 0 Å². The molecule has 0 amide bonds. The Morgan fingerprint density at radius 2 is 2.25 bits per heavy atom. The molecular formula is C8H16ClNO2. The second-order valence-corrected chi connectivity index (χ2v) is 3.56. The fourth-order valence-corrected chi connectivity index (χ4v) is 1.72. The molecule has 0 aliphatic heterocycles. The highest BCUT2D eigenvalue weighted by molar-refractivity contribution is 5.85. The molecule has 2 N–H and O–H groups in total. The Hall–Kier alpha value is -0.280. The number of nitrogens with two attached hydrogens (primary N) is 1. The molecule has 0 aromatic heterocycles. The van der Waals surface area contributed by atoms with Crippen molar-refractivity contribution >= 4 is 18.4 Å². The molecule has 0 radical (unpaired) electrons. The standard InChI is InChI=1S/C8H15NO2.ClH/c1-8(7(10)11-2)4-3-6(9)5-8;/h6H,3-5,9H2,1-2H3;1H. The monoisotopic (exact) mass is 193 g/mol. The van der Waals surface area contributed by atoms with E-state index in [1.807, 2.05) is 6.92 Å². The fourth-order valence-electron chi connectivity index (χ4n) is 1.72. The fraction of sp³-hybridized carbons (Fsp3) is 0.875. The first kappa shape index (κ1) is 11.7. The van der Waals surface area contributed by atoms with Gasteiger partial charge in [0.15, 0.2) is 0 Å². The number of carbonyl (C=O) groups is 1. The van der Waals surface area contributed by atoms with Crippen molar-refractivity contribution in [3.63, 3.8) is 0 Å². The SMILES string of the molecule is COC(=O)C1(C)CCC(N)C1.Cl. The Balaban J connectivity index is 0.00000121. The lowest BCUT2D eigenvalue weighted by atomic mass is 9.89. The molecule has 4 heteroatoms. The van der Waals surface area contributed by atoms with Crippen LogP contribution in [0.1, 0.15) is 26.2 Å². The maximum atomic E-state index is 11.2. The summed E-state index contributed by atoms with van der Waals surface area (Å²) in [5, 5.41) is 0. The molecule has 72 valence electrons. The first-order chi connectivity index (χ1) is 5.08. The van der Waals surface area contributed by atoms with Gasteiger partial charge in [0.25, 0.3) is 0 Å². The van der Waals surface area contributed by atoms with Gasteiger partial charge >= 0.3 is 5.97 Å². The highest BCUT2D eigenvalue weighted by Crippen LogP contribution is 2.37. The van der Waals surface area contributed by atoms with Crippen LogP contribution in [0.15, 0.2) is 0 Å². The van der Waals surface area contributed by atoms with Crippen LogP contribution >= 0.6 is 12.4 Å². The number of hydrogen-bond donors (Lipinski definition) is 1. The maximum Gasteiger partial charge on any atom is 0.311 e. The van der Waals surface area contributed by atoms with E-state index in [0.717, 1.165) is 19.3 Å². The Labute approximate surface area is 79.1 Å². The molecule has 1 aliphatic carbocycles. The number of halogens is 1. The number of carbonyl (C=O) groups excluding carboxylic acids is 1. The summed E-state index contributed by atoms with van der Waals surface area (Å²) in [4.78, 5) is 11.2. The number of ether oxygens (including phenoxy) is 1. The highest BCUT2D eigenvalue weighted by atomic mass is 35.5. The third-order valence-corrected chi connectivity index (χ3v) is 2.46. The predicted octanol–water partition coefficient (Wildman–Crippen LogP) is 1.10. The van der Waals surface area contributed by atoms with Gasteiger partial charge in [0.05, 0.1) is 12.5 Å². The van der Waals surface area contributed by atoms with E-state index in [-0.39, 0.29) is 29.8 Å². The first-order valence-electron chi connectivity index (χ1n) is 3.92. The van der Waals surface area contributed by atoms with Gasteiger partial charge in [0.1, 0.15) is 0 Å².